The molecule has 0 fully saturated rings. The van der Waals surface area contributed by atoms with Crippen LogP contribution in [0.25, 0.3) is 0 Å². The summed E-state index contributed by atoms with van der Waals surface area (Å²) >= 11 is 0. The maximum atomic E-state index is 11.3. The molecule has 1 rings (SSSR count). The van der Waals surface area contributed by atoms with E-state index in [1.54, 1.807) is 24.3 Å². The molecule has 0 saturated carbocycles. The molecule has 0 aliphatic heterocycles. The van der Waals surface area contributed by atoms with Gasteiger partial charge in [0.25, 0.3) is 0 Å². The maximum absolute atomic E-state index is 11.3. The van der Waals surface area contributed by atoms with E-state index in [1.807, 2.05) is 0 Å². The van der Waals surface area contributed by atoms with Gasteiger partial charge in [-0.05, 0) is 13.1 Å². The Morgan fingerprint density at radius 3 is 2.44 bits per heavy atom. The topological polar surface area (TPSA) is 87.1 Å². The smallest absolute Gasteiger partial charge is 0.325 e. The Hall–Kier alpha value is -2.08. The quantitative estimate of drug-likeness (QED) is 0.781. The van der Waals surface area contributed by atoms with Gasteiger partial charge in [-0.25, -0.2) is 0 Å². The van der Waals surface area contributed by atoms with Crippen LogP contribution in [-0.4, -0.2) is 47.8 Å². The summed E-state index contributed by atoms with van der Waals surface area (Å²) in [6, 6.07) is 5.59. The van der Waals surface area contributed by atoms with Crippen molar-refractivity contribution in [3.8, 4) is 5.75 Å². The van der Waals surface area contributed by atoms with Crippen molar-refractivity contribution in [2.24, 2.45) is 0 Å². The molecule has 0 aliphatic carbocycles. The lowest BCUT2D eigenvalue weighted by molar-refractivity contribution is -0.145. The Bertz CT molecular complexity index is 446. The van der Waals surface area contributed by atoms with E-state index in [-0.39, 0.29) is 6.54 Å². The lowest BCUT2D eigenvalue weighted by Gasteiger charge is -2.24. The number of likely N-dealkylation sites (N-methyl/N-ethyl adjacent to an activating group) is 1. The first-order chi connectivity index (χ1) is 8.47. The van der Waals surface area contributed by atoms with E-state index in [2.05, 4.69) is 0 Å². The monoisotopic (exact) mass is 253 g/mol. The van der Waals surface area contributed by atoms with E-state index in [0.717, 1.165) is 0 Å². The predicted molar refractivity (Wildman–Crippen MR) is 63.6 cm³/mol. The number of hydrogen-bond donors (Lipinski definition) is 2. The Kier molecular flexibility index (Phi) is 4.67. The minimum absolute atomic E-state index is 0.366. The summed E-state index contributed by atoms with van der Waals surface area (Å²) in [5, 5.41) is 18.0. The highest BCUT2D eigenvalue weighted by Crippen LogP contribution is 2.28. The van der Waals surface area contributed by atoms with Crippen LogP contribution >= 0.6 is 0 Å². The second kappa shape index (κ2) is 6.02. The van der Waals surface area contributed by atoms with Gasteiger partial charge in [-0.15, -0.1) is 0 Å². The molecule has 0 spiro atoms. The molecule has 0 aliphatic rings. The van der Waals surface area contributed by atoms with E-state index >= 15 is 0 Å². The highest BCUT2D eigenvalue weighted by atomic mass is 16.5. The molecular formula is C12H15NO5. The normalized spacial score (nSPS) is 12.2. The first-order valence-corrected chi connectivity index (χ1v) is 5.25. The summed E-state index contributed by atoms with van der Waals surface area (Å²) in [5.41, 5.74) is 0.427. The molecule has 1 aromatic rings. The molecule has 98 valence electrons. The van der Waals surface area contributed by atoms with Crippen molar-refractivity contribution in [2.45, 2.75) is 6.04 Å². The molecule has 0 saturated heterocycles. The van der Waals surface area contributed by atoms with Crippen molar-refractivity contribution in [3.05, 3.63) is 29.8 Å². The van der Waals surface area contributed by atoms with Gasteiger partial charge in [0.05, 0.1) is 13.7 Å². The van der Waals surface area contributed by atoms with Gasteiger partial charge in [0.2, 0.25) is 0 Å². The van der Waals surface area contributed by atoms with Crippen molar-refractivity contribution < 1.29 is 24.5 Å². The molecule has 1 aromatic carbocycles. The summed E-state index contributed by atoms with van der Waals surface area (Å²) in [7, 11) is 2.88. The van der Waals surface area contributed by atoms with Gasteiger partial charge >= 0.3 is 11.9 Å². The third-order valence-corrected chi connectivity index (χ3v) is 2.49. The lowest BCUT2D eigenvalue weighted by Crippen LogP contribution is -2.35. The van der Waals surface area contributed by atoms with Gasteiger partial charge in [-0.2, -0.15) is 0 Å². The number of para-hydroxylation sites is 1. The summed E-state index contributed by atoms with van der Waals surface area (Å²) in [6.45, 7) is -0.366. The van der Waals surface area contributed by atoms with Crippen LogP contribution < -0.4 is 4.74 Å². The van der Waals surface area contributed by atoms with Crippen LogP contribution in [0.3, 0.4) is 0 Å². The fourth-order valence-electron chi connectivity index (χ4n) is 1.76. The highest BCUT2D eigenvalue weighted by Gasteiger charge is 2.28. The Morgan fingerprint density at radius 2 is 1.94 bits per heavy atom. The Balaban J connectivity index is 3.11. The summed E-state index contributed by atoms with van der Waals surface area (Å²) in [5.74, 6) is -1.79. The standard InChI is InChI=1S/C12H15NO5/c1-13(7-10(14)15)11(12(16)17)8-5-3-4-6-9(8)18-2/h3-6,11H,7H2,1-2H3,(H,14,15)(H,16,17). The molecule has 0 aromatic heterocycles. The molecule has 2 N–H and O–H groups in total. The van der Waals surface area contributed by atoms with Crippen molar-refractivity contribution >= 4 is 11.9 Å². The van der Waals surface area contributed by atoms with Crippen LogP contribution in [0, 0.1) is 0 Å². The van der Waals surface area contributed by atoms with Crippen molar-refractivity contribution in [1.82, 2.24) is 4.90 Å². The number of methoxy groups -OCH3 is 1. The van der Waals surface area contributed by atoms with Gasteiger partial charge in [0.1, 0.15) is 11.8 Å². The number of carboxylic acid groups (broad SMARTS) is 2. The minimum Gasteiger partial charge on any atom is -0.496 e. The minimum atomic E-state index is -1.12. The first kappa shape index (κ1) is 14.0. The van der Waals surface area contributed by atoms with Crippen LogP contribution in [0.15, 0.2) is 24.3 Å². The van der Waals surface area contributed by atoms with Crippen molar-refractivity contribution in [1.29, 1.82) is 0 Å². The molecular weight excluding hydrogens is 238 g/mol. The third-order valence-electron chi connectivity index (χ3n) is 2.49. The fourth-order valence-corrected chi connectivity index (χ4v) is 1.76. The molecule has 18 heavy (non-hydrogen) atoms. The van der Waals surface area contributed by atoms with E-state index in [0.29, 0.717) is 11.3 Å². The number of carbonyl (C=O) groups is 2. The van der Waals surface area contributed by atoms with E-state index in [9.17, 15) is 14.7 Å². The molecule has 0 radical (unpaired) electrons. The predicted octanol–water partition coefficient (Wildman–Crippen LogP) is 0.837. The van der Waals surface area contributed by atoms with Crippen LogP contribution in [-0.2, 0) is 9.59 Å². The zero-order valence-corrected chi connectivity index (χ0v) is 10.2. The zero-order valence-electron chi connectivity index (χ0n) is 10.2. The Morgan fingerprint density at radius 1 is 1.33 bits per heavy atom. The summed E-state index contributed by atoms with van der Waals surface area (Å²) in [4.78, 5) is 23.2. The molecule has 0 heterocycles. The lowest BCUT2D eigenvalue weighted by atomic mass is 10.0. The third kappa shape index (κ3) is 3.21. The highest BCUT2D eigenvalue weighted by molar-refractivity contribution is 5.78. The Labute approximate surface area is 104 Å². The number of nitrogens with zero attached hydrogens (tertiary/aromatic N) is 1. The zero-order chi connectivity index (χ0) is 13.7. The number of carboxylic acids is 2. The van der Waals surface area contributed by atoms with Crippen LogP contribution in [0.4, 0.5) is 0 Å². The van der Waals surface area contributed by atoms with Crippen molar-refractivity contribution in [3.63, 3.8) is 0 Å². The molecule has 6 heteroatoms. The summed E-state index contributed by atoms with van der Waals surface area (Å²) < 4.78 is 5.09. The summed E-state index contributed by atoms with van der Waals surface area (Å²) in [6.07, 6.45) is 0. The number of hydrogen-bond acceptors (Lipinski definition) is 4. The van der Waals surface area contributed by atoms with Crippen LogP contribution in [0.2, 0.25) is 0 Å². The number of ether oxygens (including phenoxy) is 1. The number of aliphatic carboxylic acids is 2. The van der Waals surface area contributed by atoms with Gasteiger partial charge in [0.15, 0.2) is 0 Å². The van der Waals surface area contributed by atoms with Gasteiger partial charge in [0, 0.05) is 5.56 Å². The second-order valence-electron chi connectivity index (χ2n) is 3.79. The van der Waals surface area contributed by atoms with Crippen LogP contribution in [0.5, 0.6) is 5.75 Å². The molecule has 0 amide bonds. The van der Waals surface area contributed by atoms with E-state index in [1.165, 1.54) is 19.1 Å². The largest absolute Gasteiger partial charge is 0.496 e. The van der Waals surface area contributed by atoms with E-state index < -0.39 is 18.0 Å². The second-order valence-corrected chi connectivity index (χ2v) is 3.79. The molecule has 6 nitrogen and oxygen atoms in total. The van der Waals surface area contributed by atoms with Gasteiger partial charge in [-0.3, -0.25) is 14.5 Å². The van der Waals surface area contributed by atoms with Crippen molar-refractivity contribution in [2.75, 3.05) is 20.7 Å². The van der Waals surface area contributed by atoms with Crippen LogP contribution in [0.1, 0.15) is 11.6 Å². The average Bonchev–Trinajstić information content (AvgIpc) is 2.28. The number of benzene rings is 1. The SMILES string of the molecule is COc1ccccc1C(C(=O)O)N(C)CC(=O)O. The molecule has 1 unspecified atom stereocenters. The fraction of sp³-hybridized carbons (Fsp3) is 0.333. The van der Waals surface area contributed by atoms with Gasteiger partial charge in [-0.1, -0.05) is 18.2 Å². The average molecular weight is 253 g/mol. The van der Waals surface area contributed by atoms with Gasteiger partial charge < -0.3 is 14.9 Å². The molecule has 1 atom stereocenters. The number of rotatable bonds is 6. The first-order valence-electron chi connectivity index (χ1n) is 5.25. The maximum Gasteiger partial charge on any atom is 0.325 e. The van der Waals surface area contributed by atoms with E-state index in [4.69, 9.17) is 9.84 Å². The molecule has 0 bridgehead atoms.